The van der Waals surface area contributed by atoms with E-state index in [1.165, 1.54) is 23.1 Å². The molecule has 0 fully saturated rings. The first kappa shape index (κ1) is 17.5. The number of para-hydroxylation sites is 2. The summed E-state index contributed by atoms with van der Waals surface area (Å²) >= 11 is 5.88. The molecule has 0 spiro atoms. The number of carbonyl (C=O) groups is 1. The average molecular weight is 363 g/mol. The van der Waals surface area contributed by atoms with E-state index in [1.807, 2.05) is 24.3 Å². The molecule has 0 radical (unpaired) electrons. The topological polar surface area (TPSA) is 32.8 Å². The summed E-state index contributed by atoms with van der Waals surface area (Å²) in [6, 6.07) is 11.8. The fourth-order valence-corrected chi connectivity index (χ4v) is 3.20. The molecule has 1 heterocycles. The molecule has 3 rings (SSSR count). The second-order valence-electron chi connectivity index (χ2n) is 6.06. The number of hydrogen-bond donors (Lipinski definition) is 0. The zero-order chi connectivity index (χ0) is 18.0. The Hall–Kier alpha value is -2.27. The molecule has 1 aliphatic heterocycles. The third-order valence-electron chi connectivity index (χ3n) is 4.29. The Bertz CT molecular complexity index is 784. The van der Waals surface area contributed by atoms with Gasteiger partial charge in [-0.25, -0.2) is 4.39 Å². The summed E-state index contributed by atoms with van der Waals surface area (Å²) in [5.41, 5.74) is 1.02. The van der Waals surface area contributed by atoms with E-state index < -0.39 is 11.7 Å². The number of carbonyl (C=O) groups excluding carboxylic acids is 1. The van der Waals surface area contributed by atoms with Crippen LogP contribution < -0.4 is 9.64 Å². The lowest BCUT2D eigenvalue weighted by molar-refractivity contribution is 0.0705. The number of amides is 1. The van der Waals surface area contributed by atoms with Gasteiger partial charge in [0, 0.05) is 18.6 Å². The molecule has 1 amide bonds. The molecule has 2 aromatic rings. The first-order chi connectivity index (χ1) is 12.0. The molecule has 132 valence electrons. The Labute approximate surface area is 151 Å². The van der Waals surface area contributed by atoms with Gasteiger partial charge in [0.15, 0.2) is 0 Å². The second kappa shape index (κ2) is 7.31. The van der Waals surface area contributed by atoms with Crippen LogP contribution >= 0.6 is 11.6 Å². The predicted molar refractivity (Wildman–Crippen MR) is 97.1 cm³/mol. The van der Waals surface area contributed by atoms with E-state index in [4.69, 9.17) is 16.3 Å². The van der Waals surface area contributed by atoms with Crippen molar-refractivity contribution in [3.63, 3.8) is 0 Å². The van der Waals surface area contributed by atoms with Gasteiger partial charge >= 0.3 is 0 Å². The number of fused-ring (bicyclic) bond motifs is 1. The molecule has 4 nitrogen and oxygen atoms in total. The molecule has 2 aromatic carbocycles. The number of ether oxygens (including phenoxy) is 1. The van der Waals surface area contributed by atoms with Crippen molar-refractivity contribution in [2.24, 2.45) is 0 Å². The maximum atomic E-state index is 13.9. The van der Waals surface area contributed by atoms with E-state index >= 15 is 0 Å². The van der Waals surface area contributed by atoms with Crippen molar-refractivity contribution < 1.29 is 13.9 Å². The van der Waals surface area contributed by atoms with Crippen molar-refractivity contribution in [2.45, 2.75) is 13.0 Å². The van der Waals surface area contributed by atoms with Crippen LogP contribution in [0.4, 0.5) is 10.1 Å². The van der Waals surface area contributed by atoms with Crippen molar-refractivity contribution >= 4 is 23.2 Å². The molecule has 0 unspecified atom stereocenters. The van der Waals surface area contributed by atoms with E-state index in [-0.39, 0.29) is 11.7 Å². The highest BCUT2D eigenvalue weighted by Crippen LogP contribution is 2.33. The minimum atomic E-state index is -0.577. The van der Waals surface area contributed by atoms with Gasteiger partial charge in [-0.3, -0.25) is 4.79 Å². The van der Waals surface area contributed by atoms with E-state index in [2.05, 4.69) is 11.8 Å². The highest BCUT2D eigenvalue weighted by molar-refractivity contribution is 6.31. The van der Waals surface area contributed by atoms with E-state index in [1.54, 1.807) is 7.05 Å². The number of rotatable bonds is 4. The fraction of sp³-hybridized carbons (Fsp3) is 0.316. The third kappa shape index (κ3) is 3.71. The molecule has 0 aliphatic carbocycles. The Morgan fingerprint density at radius 2 is 2.12 bits per heavy atom. The summed E-state index contributed by atoms with van der Waals surface area (Å²) < 4.78 is 19.9. The molecule has 1 atom stereocenters. The lowest BCUT2D eigenvalue weighted by Crippen LogP contribution is -2.46. The second-order valence-corrected chi connectivity index (χ2v) is 6.49. The molecule has 0 aromatic heterocycles. The Morgan fingerprint density at radius 1 is 1.36 bits per heavy atom. The maximum absolute atomic E-state index is 13.9. The van der Waals surface area contributed by atoms with Crippen LogP contribution in [0.3, 0.4) is 0 Å². The lowest BCUT2D eigenvalue weighted by atomic mass is 10.1. The van der Waals surface area contributed by atoms with Gasteiger partial charge in [0.25, 0.3) is 5.91 Å². The van der Waals surface area contributed by atoms with Gasteiger partial charge < -0.3 is 14.5 Å². The van der Waals surface area contributed by atoms with Crippen LogP contribution in [-0.2, 0) is 0 Å². The van der Waals surface area contributed by atoms with Crippen molar-refractivity contribution in [3.05, 3.63) is 58.9 Å². The molecule has 1 aliphatic rings. The number of benzene rings is 2. The smallest absolute Gasteiger partial charge is 0.256 e. The first-order valence-electron chi connectivity index (χ1n) is 8.20. The minimum absolute atomic E-state index is 0.0291. The zero-order valence-corrected chi connectivity index (χ0v) is 15.0. The van der Waals surface area contributed by atoms with Gasteiger partial charge in [0.05, 0.1) is 24.3 Å². The van der Waals surface area contributed by atoms with Crippen LogP contribution in [0.2, 0.25) is 5.02 Å². The molecule has 6 heteroatoms. The normalized spacial score (nSPS) is 16.2. The van der Waals surface area contributed by atoms with Gasteiger partial charge in [-0.15, -0.1) is 0 Å². The van der Waals surface area contributed by atoms with E-state index in [0.717, 1.165) is 18.0 Å². The summed E-state index contributed by atoms with van der Waals surface area (Å²) in [5, 5.41) is 0.332. The third-order valence-corrected chi connectivity index (χ3v) is 4.52. The maximum Gasteiger partial charge on any atom is 0.256 e. The van der Waals surface area contributed by atoms with E-state index in [0.29, 0.717) is 18.1 Å². The number of anilines is 1. The van der Waals surface area contributed by atoms with Crippen molar-refractivity contribution in [2.75, 3.05) is 31.6 Å². The molecular formula is C19H20ClFN2O2. The van der Waals surface area contributed by atoms with Crippen LogP contribution in [0.5, 0.6) is 5.75 Å². The summed E-state index contributed by atoms with van der Waals surface area (Å²) in [6.07, 6.45) is -0.189. The molecule has 0 saturated heterocycles. The minimum Gasteiger partial charge on any atom is -0.485 e. The van der Waals surface area contributed by atoms with Gasteiger partial charge in [-0.05, 0) is 37.3 Å². The summed E-state index contributed by atoms with van der Waals surface area (Å²) in [7, 11) is 1.64. The first-order valence-corrected chi connectivity index (χ1v) is 8.58. The molecular weight excluding hydrogens is 343 g/mol. The van der Waals surface area contributed by atoms with Crippen LogP contribution in [0.25, 0.3) is 0 Å². The molecule has 0 saturated carbocycles. The highest BCUT2D eigenvalue weighted by Gasteiger charge is 2.27. The van der Waals surface area contributed by atoms with Crippen LogP contribution in [0, 0.1) is 5.82 Å². The van der Waals surface area contributed by atoms with Crippen LogP contribution in [0.15, 0.2) is 42.5 Å². The van der Waals surface area contributed by atoms with E-state index in [9.17, 15) is 9.18 Å². The van der Waals surface area contributed by atoms with Crippen LogP contribution in [-0.4, -0.2) is 43.6 Å². The summed E-state index contributed by atoms with van der Waals surface area (Å²) in [6.45, 7) is 3.95. The van der Waals surface area contributed by atoms with Crippen LogP contribution in [0.1, 0.15) is 17.3 Å². The van der Waals surface area contributed by atoms with Gasteiger partial charge in [-0.2, -0.15) is 0 Å². The molecule has 0 bridgehead atoms. The average Bonchev–Trinajstić information content (AvgIpc) is 2.62. The van der Waals surface area contributed by atoms with Gasteiger partial charge in [-0.1, -0.05) is 23.7 Å². The number of likely N-dealkylation sites (N-methyl/N-ethyl adjacent to an activating group) is 2. The lowest BCUT2D eigenvalue weighted by Gasteiger charge is -2.37. The monoisotopic (exact) mass is 362 g/mol. The standard InChI is InChI=1S/C19H20ClFN2O2/c1-3-23-12-14(25-18-7-5-4-6-17(18)23)11-22(2)19(24)15-10-13(20)8-9-16(15)21/h4-10,14H,3,11-12H2,1-2H3/t14-/m1/s1. The van der Waals surface area contributed by atoms with Crippen molar-refractivity contribution in [1.29, 1.82) is 0 Å². The number of hydrogen-bond acceptors (Lipinski definition) is 3. The number of halogens is 2. The Morgan fingerprint density at radius 3 is 2.88 bits per heavy atom. The van der Waals surface area contributed by atoms with Gasteiger partial charge in [0.2, 0.25) is 0 Å². The largest absolute Gasteiger partial charge is 0.485 e. The Balaban J connectivity index is 1.74. The quantitative estimate of drug-likeness (QED) is 0.828. The van der Waals surface area contributed by atoms with Gasteiger partial charge in [0.1, 0.15) is 17.7 Å². The van der Waals surface area contributed by atoms with Crippen molar-refractivity contribution in [3.8, 4) is 5.75 Å². The molecule has 0 N–H and O–H groups in total. The number of nitrogens with zero attached hydrogens (tertiary/aromatic N) is 2. The SMILES string of the molecule is CCN1C[C@@H](CN(C)C(=O)c2cc(Cl)ccc2F)Oc2ccccc21. The summed E-state index contributed by atoms with van der Waals surface area (Å²) in [5.74, 6) is -0.188. The highest BCUT2D eigenvalue weighted by atomic mass is 35.5. The zero-order valence-electron chi connectivity index (χ0n) is 14.2. The summed E-state index contributed by atoms with van der Waals surface area (Å²) in [4.78, 5) is 16.2. The van der Waals surface area contributed by atoms with Crippen molar-refractivity contribution in [1.82, 2.24) is 4.90 Å². The Kier molecular flexibility index (Phi) is 5.13. The predicted octanol–water partition coefficient (Wildman–Crippen LogP) is 3.84. The fourth-order valence-electron chi connectivity index (χ4n) is 3.03. The molecule has 25 heavy (non-hydrogen) atoms.